The maximum absolute atomic E-state index is 9.37. The quantitative estimate of drug-likeness (QED) is 0.893. The van der Waals surface area contributed by atoms with Crippen molar-refractivity contribution < 1.29 is 5.11 Å². The van der Waals surface area contributed by atoms with Gasteiger partial charge in [-0.3, -0.25) is 4.90 Å². The first-order valence-electron chi connectivity index (χ1n) is 6.97. The van der Waals surface area contributed by atoms with E-state index in [2.05, 4.69) is 52.0 Å². The number of aliphatic hydroxyl groups is 1. The van der Waals surface area contributed by atoms with E-state index in [-0.39, 0.29) is 18.7 Å². The van der Waals surface area contributed by atoms with Gasteiger partial charge >= 0.3 is 0 Å². The number of nitrogens with zero attached hydrogens (tertiary/aromatic N) is 1. The number of likely N-dealkylation sites (tertiary alicyclic amines) is 1. The zero-order valence-electron chi connectivity index (χ0n) is 11.4. The molecule has 0 bridgehead atoms. The zero-order chi connectivity index (χ0) is 13.8. The Labute approximate surface area is 123 Å². The van der Waals surface area contributed by atoms with Gasteiger partial charge in [-0.2, -0.15) is 0 Å². The lowest BCUT2D eigenvalue weighted by Crippen LogP contribution is -2.45. The summed E-state index contributed by atoms with van der Waals surface area (Å²) in [4.78, 5) is 2.43. The summed E-state index contributed by atoms with van der Waals surface area (Å²) in [6, 6.07) is 8.73. The second kappa shape index (κ2) is 6.84. The molecule has 0 aromatic heterocycles. The molecule has 0 amide bonds. The lowest BCUT2D eigenvalue weighted by atomic mass is 9.93. The van der Waals surface area contributed by atoms with Crippen molar-refractivity contribution in [2.45, 2.75) is 31.8 Å². The van der Waals surface area contributed by atoms with Gasteiger partial charge in [0.2, 0.25) is 0 Å². The molecular weight excluding hydrogens is 304 g/mol. The summed E-state index contributed by atoms with van der Waals surface area (Å²) < 4.78 is 1.09. The minimum Gasteiger partial charge on any atom is -0.396 e. The van der Waals surface area contributed by atoms with E-state index >= 15 is 0 Å². The average Bonchev–Trinajstić information content (AvgIpc) is 2.41. The molecule has 106 valence electrons. The largest absolute Gasteiger partial charge is 0.396 e. The minimum atomic E-state index is 0.0821. The summed E-state index contributed by atoms with van der Waals surface area (Å²) >= 11 is 3.47. The first-order chi connectivity index (χ1) is 9.11. The van der Waals surface area contributed by atoms with Crippen LogP contribution in [0.5, 0.6) is 0 Å². The van der Waals surface area contributed by atoms with Crippen LogP contribution in [0, 0.1) is 5.92 Å². The number of rotatable bonds is 4. The lowest BCUT2D eigenvalue weighted by Gasteiger charge is -2.40. The monoisotopic (exact) mass is 326 g/mol. The van der Waals surface area contributed by atoms with E-state index in [1.54, 1.807) is 0 Å². The van der Waals surface area contributed by atoms with Gasteiger partial charge in [0.15, 0.2) is 0 Å². The van der Waals surface area contributed by atoms with Crippen LogP contribution in [0.1, 0.15) is 31.4 Å². The second-order valence-electron chi connectivity index (χ2n) is 5.54. The summed E-state index contributed by atoms with van der Waals surface area (Å²) in [6.45, 7) is 4.36. The fourth-order valence-corrected chi connectivity index (χ4v) is 3.27. The summed E-state index contributed by atoms with van der Waals surface area (Å²) in [6.07, 6.45) is 2.27. The summed E-state index contributed by atoms with van der Waals surface area (Å²) in [7, 11) is 0. The molecule has 2 rings (SSSR count). The van der Waals surface area contributed by atoms with Crippen molar-refractivity contribution in [3.8, 4) is 0 Å². The molecule has 0 radical (unpaired) electrons. The van der Waals surface area contributed by atoms with Gasteiger partial charge in [0.05, 0.1) is 0 Å². The highest BCUT2D eigenvalue weighted by atomic mass is 79.9. The Bertz CT molecular complexity index is 394. The third-order valence-electron chi connectivity index (χ3n) is 3.91. The molecular formula is C15H23BrN2O. The average molecular weight is 327 g/mol. The fourth-order valence-electron chi connectivity index (χ4n) is 3.01. The number of halogens is 1. The molecule has 3 nitrogen and oxygen atoms in total. The molecule has 3 atom stereocenters. The maximum Gasteiger partial charge on any atom is 0.0496 e. The Morgan fingerprint density at radius 2 is 2.11 bits per heavy atom. The highest BCUT2D eigenvalue weighted by Gasteiger charge is 2.28. The zero-order valence-corrected chi connectivity index (χ0v) is 13.0. The molecule has 4 heteroatoms. The highest BCUT2D eigenvalue weighted by Crippen LogP contribution is 2.29. The highest BCUT2D eigenvalue weighted by molar-refractivity contribution is 9.10. The lowest BCUT2D eigenvalue weighted by molar-refractivity contribution is 0.0793. The topological polar surface area (TPSA) is 49.5 Å². The standard InChI is InChI=1S/C15H23BrN2O/c1-11(17)15(13-4-6-14(16)7-5-13)18-8-2-3-12(9-18)10-19/h4-7,11-12,15,19H,2-3,8-10,17H2,1H3. The molecule has 3 unspecified atom stereocenters. The fraction of sp³-hybridized carbons (Fsp3) is 0.600. The SMILES string of the molecule is CC(N)C(c1ccc(Br)cc1)N1CCCC(CO)C1. The third kappa shape index (κ3) is 3.78. The van der Waals surface area contributed by atoms with E-state index < -0.39 is 0 Å². The predicted molar refractivity (Wildman–Crippen MR) is 81.9 cm³/mol. The smallest absolute Gasteiger partial charge is 0.0496 e. The Hall–Kier alpha value is -0.420. The molecule has 1 aliphatic heterocycles. The maximum atomic E-state index is 9.37. The number of benzene rings is 1. The van der Waals surface area contributed by atoms with Crippen LogP contribution in [0.4, 0.5) is 0 Å². The number of aliphatic hydroxyl groups excluding tert-OH is 1. The van der Waals surface area contributed by atoms with E-state index in [0.29, 0.717) is 5.92 Å². The molecule has 1 saturated heterocycles. The van der Waals surface area contributed by atoms with Crippen LogP contribution >= 0.6 is 15.9 Å². The van der Waals surface area contributed by atoms with Crippen molar-refractivity contribution in [3.05, 3.63) is 34.3 Å². The van der Waals surface area contributed by atoms with Gasteiger partial charge in [0.1, 0.15) is 0 Å². The first-order valence-corrected chi connectivity index (χ1v) is 7.77. The third-order valence-corrected chi connectivity index (χ3v) is 4.44. The molecule has 1 heterocycles. The Balaban J connectivity index is 2.17. The van der Waals surface area contributed by atoms with Gasteiger partial charge in [-0.25, -0.2) is 0 Å². The Kier molecular flexibility index (Phi) is 5.39. The van der Waals surface area contributed by atoms with E-state index in [1.165, 1.54) is 5.56 Å². The van der Waals surface area contributed by atoms with Crippen LogP contribution in [0.2, 0.25) is 0 Å². The number of nitrogens with two attached hydrogens (primary N) is 1. The molecule has 19 heavy (non-hydrogen) atoms. The normalized spacial score (nSPS) is 24.1. The number of hydrogen-bond acceptors (Lipinski definition) is 3. The Morgan fingerprint density at radius 3 is 2.68 bits per heavy atom. The summed E-state index contributed by atoms with van der Waals surface area (Å²) in [5.74, 6) is 0.394. The van der Waals surface area contributed by atoms with Gasteiger partial charge in [-0.15, -0.1) is 0 Å². The predicted octanol–water partition coefficient (Wildman–Crippen LogP) is 2.54. The van der Waals surface area contributed by atoms with Crippen LogP contribution in [0.3, 0.4) is 0 Å². The van der Waals surface area contributed by atoms with Crippen LogP contribution in [0.25, 0.3) is 0 Å². The molecule has 0 aliphatic carbocycles. The van der Waals surface area contributed by atoms with Crippen LogP contribution in [-0.4, -0.2) is 35.7 Å². The van der Waals surface area contributed by atoms with Gasteiger partial charge in [-0.05, 0) is 49.9 Å². The van der Waals surface area contributed by atoms with Gasteiger partial charge in [0, 0.05) is 29.7 Å². The van der Waals surface area contributed by atoms with Crippen molar-refractivity contribution >= 4 is 15.9 Å². The van der Waals surface area contributed by atoms with Crippen molar-refractivity contribution in [1.82, 2.24) is 4.90 Å². The Morgan fingerprint density at radius 1 is 1.42 bits per heavy atom. The molecule has 1 fully saturated rings. The molecule has 3 N–H and O–H groups in total. The first kappa shape index (κ1) is 15.0. The van der Waals surface area contributed by atoms with Crippen molar-refractivity contribution in [2.75, 3.05) is 19.7 Å². The van der Waals surface area contributed by atoms with E-state index in [4.69, 9.17) is 5.73 Å². The summed E-state index contributed by atoms with van der Waals surface area (Å²) in [5.41, 5.74) is 7.47. The molecule has 0 spiro atoms. The van der Waals surface area contributed by atoms with Crippen LogP contribution in [0.15, 0.2) is 28.7 Å². The molecule has 1 aromatic rings. The van der Waals surface area contributed by atoms with Gasteiger partial charge in [0.25, 0.3) is 0 Å². The second-order valence-corrected chi connectivity index (χ2v) is 6.46. The van der Waals surface area contributed by atoms with Crippen LogP contribution in [-0.2, 0) is 0 Å². The van der Waals surface area contributed by atoms with Crippen molar-refractivity contribution in [2.24, 2.45) is 11.7 Å². The molecule has 1 aromatic carbocycles. The number of piperidine rings is 1. The van der Waals surface area contributed by atoms with Crippen LogP contribution < -0.4 is 5.73 Å². The van der Waals surface area contributed by atoms with E-state index in [1.807, 2.05) is 0 Å². The van der Waals surface area contributed by atoms with Crippen molar-refractivity contribution in [1.29, 1.82) is 0 Å². The van der Waals surface area contributed by atoms with Gasteiger partial charge < -0.3 is 10.8 Å². The van der Waals surface area contributed by atoms with E-state index in [0.717, 1.165) is 30.4 Å². The van der Waals surface area contributed by atoms with Crippen molar-refractivity contribution in [3.63, 3.8) is 0 Å². The minimum absolute atomic E-state index is 0.0821. The number of hydrogen-bond donors (Lipinski definition) is 2. The summed E-state index contributed by atoms with van der Waals surface area (Å²) in [5, 5.41) is 9.37. The molecule has 0 saturated carbocycles. The van der Waals surface area contributed by atoms with E-state index in [9.17, 15) is 5.11 Å². The molecule has 1 aliphatic rings. The van der Waals surface area contributed by atoms with Gasteiger partial charge in [-0.1, -0.05) is 28.1 Å².